The number of rotatable bonds is 6. The van der Waals surface area contributed by atoms with Crippen LogP contribution in [0.25, 0.3) is 0 Å². The molecule has 0 nitrogen and oxygen atoms in total. The molecule has 0 aliphatic carbocycles. The molecule has 0 saturated heterocycles. The van der Waals surface area contributed by atoms with Crippen molar-refractivity contribution in [1.82, 2.24) is 0 Å². The van der Waals surface area contributed by atoms with Crippen LogP contribution in [0, 0.1) is 0 Å². The van der Waals surface area contributed by atoms with Crippen LogP contribution in [0.1, 0.15) is 0 Å². The maximum Gasteiger partial charge on any atom is 0.0213 e. The Hall–Kier alpha value is -1.82. The number of hydrogen-bond acceptors (Lipinski definition) is 2. The second kappa shape index (κ2) is 8.90. The third-order valence-electron chi connectivity index (χ3n) is 5.09. The van der Waals surface area contributed by atoms with E-state index in [-0.39, 0.29) is 0 Å². The van der Waals surface area contributed by atoms with Crippen LogP contribution in [0.3, 0.4) is 0 Å². The summed E-state index contributed by atoms with van der Waals surface area (Å²) < 4.78 is 0. The molecular formula is C25H22P2S2. The van der Waals surface area contributed by atoms with Crippen molar-refractivity contribution in [2.45, 2.75) is 0 Å². The van der Waals surface area contributed by atoms with Crippen LogP contribution < -0.4 is 21.2 Å². The first kappa shape index (κ1) is 20.5. The van der Waals surface area contributed by atoms with E-state index in [1.165, 1.54) is 21.2 Å². The van der Waals surface area contributed by atoms with Gasteiger partial charge in [-0.05, 0) is 21.2 Å². The van der Waals surface area contributed by atoms with E-state index in [1.807, 2.05) is 0 Å². The largest absolute Gasteiger partial charge is 0.0872 e. The molecule has 144 valence electrons. The van der Waals surface area contributed by atoms with Crippen molar-refractivity contribution in [2.24, 2.45) is 0 Å². The van der Waals surface area contributed by atoms with Crippen molar-refractivity contribution in [3.05, 3.63) is 121 Å². The van der Waals surface area contributed by atoms with Gasteiger partial charge in [-0.2, -0.15) is 0 Å². The van der Waals surface area contributed by atoms with E-state index in [9.17, 15) is 0 Å². The molecule has 0 atom stereocenters. The van der Waals surface area contributed by atoms with Gasteiger partial charge in [-0.25, -0.2) is 0 Å². The smallest absolute Gasteiger partial charge is 0.0213 e. The fourth-order valence-corrected chi connectivity index (χ4v) is 16.9. The highest BCUT2D eigenvalue weighted by Gasteiger charge is 2.32. The summed E-state index contributed by atoms with van der Waals surface area (Å²) in [6.07, 6.45) is 0. The van der Waals surface area contributed by atoms with Crippen molar-refractivity contribution >= 4 is 56.9 Å². The zero-order valence-electron chi connectivity index (χ0n) is 16.0. The van der Waals surface area contributed by atoms with Crippen molar-refractivity contribution in [3.8, 4) is 0 Å². The molecular weight excluding hydrogens is 426 g/mol. The third-order valence-corrected chi connectivity index (χ3v) is 17.4. The Morgan fingerprint density at radius 3 is 0.793 bits per heavy atom. The molecule has 0 aromatic heterocycles. The van der Waals surface area contributed by atoms with Crippen LogP contribution in [-0.4, -0.2) is 5.90 Å². The van der Waals surface area contributed by atoms with E-state index in [0.717, 1.165) is 5.90 Å². The zero-order chi connectivity index (χ0) is 20.2. The van der Waals surface area contributed by atoms with Gasteiger partial charge in [0, 0.05) is 18.0 Å². The second-order valence-corrected chi connectivity index (χ2v) is 16.9. The SMILES string of the molecule is S=P(CP(=S)(c1ccccc1)c1ccccc1)(c1ccccc1)c1ccccc1. The first-order chi connectivity index (χ1) is 14.1. The quantitative estimate of drug-likeness (QED) is 0.372. The summed E-state index contributed by atoms with van der Waals surface area (Å²) in [5, 5.41) is 4.95. The third kappa shape index (κ3) is 4.23. The minimum absolute atomic E-state index is 0.826. The average Bonchev–Trinajstić information content (AvgIpc) is 2.81. The van der Waals surface area contributed by atoms with Crippen LogP contribution in [-0.2, 0) is 23.6 Å². The standard InChI is InChI=1S/C25H22P2S2/c28-26(22-13-5-1-6-14-22,23-15-7-2-8-16-23)21-27(29,24-17-9-3-10-18-24)25-19-11-4-12-20-25/h1-20H,21H2. The first-order valence-electron chi connectivity index (χ1n) is 9.53. The molecule has 0 radical (unpaired) electrons. The van der Waals surface area contributed by atoms with E-state index < -0.39 is 12.1 Å². The second-order valence-electron chi connectivity index (χ2n) is 6.96. The Balaban J connectivity index is 1.93. The number of benzene rings is 4. The minimum atomic E-state index is -2.10. The first-order valence-corrected chi connectivity index (χ1v) is 15.5. The molecule has 4 heteroatoms. The maximum atomic E-state index is 6.56. The van der Waals surface area contributed by atoms with E-state index in [1.54, 1.807) is 0 Å². The molecule has 0 bridgehead atoms. The molecule has 0 saturated carbocycles. The van der Waals surface area contributed by atoms with Gasteiger partial charge in [0.05, 0.1) is 0 Å². The van der Waals surface area contributed by atoms with Gasteiger partial charge in [0.1, 0.15) is 0 Å². The van der Waals surface area contributed by atoms with Gasteiger partial charge in [-0.3, -0.25) is 0 Å². The average molecular weight is 449 g/mol. The lowest BCUT2D eigenvalue weighted by atomic mass is 10.4. The Labute approximate surface area is 183 Å². The van der Waals surface area contributed by atoms with Gasteiger partial charge >= 0.3 is 0 Å². The van der Waals surface area contributed by atoms with Gasteiger partial charge in [-0.1, -0.05) is 145 Å². The van der Waals surface area contributed by atoms with Gasteiger partial charge in [0.2, 0.25) is 0 Å². The van der Waals surface area contributed by atoms with E-state index >= 15 is 0 Å². The fraction of sp³-hybridized carbons (Fsp3) is 0.0400. The summed E-state index contributed by atoms with van der Waals surface area (Å²) in [5.41, 5.74) is 0. The molecule has 0 heterocycles. The lowest BCUT2D eigenvalue weighted by Crippen LogP contribution is -2.24. The summed E-state index contributed by atoms with van der Waals surface area (Å²) in [7, 11) is 0. The highest BCUT2D eigenvalue weighted by Crippen LogP contribution is 2.59. The molecule has 29 heavy (non-hydrogen) atoms. The van der Waals surface area contributed by atoms with E-state index in [0.29, 0.717) is 0 Å². The molecule has 0 fully saturated rings. The zero-order valence-corrected chi connectivity index (χ0v) is 19.4. The predicted molar refractivity (Wildman–Crippen MR) is 138 cm³/mol. The fourth-order valence-electron chi connectivity index (χ4n) is 3.58. The summed E-state index contributed by atoms with van der Waals surface area (Å²) in [6, 6.07) is 38.2. The molecule has 0 aliphatic rings. The van der Waals surface area contributed by atoms with Gasteiger partial charge in [-0.15, -0.1) is 0 Å². The van der Waals surface area contributed by atoms with E-state index in [2.05, 4.69) is 121 Å². The van der Waals surface area contributed by atoms with Crippen molar-refractivity contribution < 1.29 is 0 Å². The summed E-state index contributed by atoms with van der Waals surface area (Å²) in [6.45, 7) is 0. The van der Waals surface area contributed by atoms with Gasteiger partial charge in [0.15, 0.2) is 0 Å². The molecule has 4 rings (SSSR count). The lowest BCUT2D eigenvalue weighted by Gasteiger charge is -2.32. The number of hydrogen-bond donors (Lipinski definition) is 0. The predicted octanol–water partition coefficient (Wildman–Crippen LogP) is 5.20. The Bertz CT molecular complexity index is 977. The molecule has 0 amide bonds. The van der Waals surface area contributed by atoms with Crippen molar-refractivity contribution in [2.75, 3.05) is 5.90 Å². The van der Waals surface area contributed by atoms with Gasteiger partial charge in [0.25, 0.3) is 0 Å². The van der Waals surface area contributed by atoms with Crippen LogP contribution in [0.4, 0.5) is 0 Å². The minimum Gasteiger partial charge on any atom is -0.0872 e. The summed E-state index contributed by atoms with van der Waals surface area (Å²) >= 11 is 13.1. The Morgan fingerprint density at radius 1 is 0.379 bits per heavy atom. The topological polar surface area (TPSA) is 0 Å². The molecule has 0 N–H and O–H groups in total. The highest BCUT2D eigenvalue weighted by atomic mass is 32.5. The summed E-state index contributed by atoms with van der Waals surface area (Å²) in [5.74, 6) is 0.826. The van der Waals surface area contributed by atoms with Crippen LogP contribution in [0.2, 0.25) is 0 Å². The highest BCUT2D eigenvalue weighted by molar-refractivity contribution is 8.32. The molecule has 4 aromatic carbocycles. The van der Waals surface area contributed by atoms with Crippen molar-refractivity contribution in [3.63, 3.8) is 0 Å². The molecule has 0 unspecified atom stereocenters. The lowest BCUT2D eigenvalue weighted by molar-refractivity contribution is 1.73. The maximum absolute atomic E-state index is 6.56. The Morgan fingerprint density at radius 2 is 0.586 bits per heavy atom. The molecule has 0 spiro atoms. The van der Waals surface area contributed by atoms with E-state index in [4.69, 9.17) is 23.6 Å². The van der Waals surface area contributed by atoms with Crippen LogP contribution >= 0.6 is 12.1 Å². The molecule has 4 aromatic rings. The molecule has 0 aliphatic heterocycles. The van der Waals surface area contributed by atoms with Crippen molar-refractivity contribution in [1.29, 1.82) is 0 Å². The van der Waals surface area contributed by atoms with Gasteiger partial charge < -0.3 is 0 Å². The van der Waals surface area contributed by atoms with Crippen LogP contribution in [0.15, 0.2) is 121 Å². The van der Waals surface area contributed by atoms with Crippen LogP contribution in [0.5, 0.6) is 0 Å². The monoisotopic (exact) mass is 448 g/mol. The normalized spacial score (nSPS) is 11.9. The summed E-state index contributed by atoms with van der Waals surface area (Å²) in [4.78, 5) is 0. The Kier molecular flexibility index (Phi) is 6.28.